The molecule has 0 aliphatic rings. The molecule has 0 spiro atoms. The van der Waals surface area contributed by atoms with Gasteiger partial charge in [0.1, 0.15) is 0 Å². The van der Waals surface area contributed by atoms with Crippen molar-refractivity contribution in [1.29, 1.82) is 0 Å². The molecule has 0 bridgehead atoms. The Kier molecular flexibility index (Phi) is 181. The van der Waals surface area contributed by atoms with Crippen LogP contribution in [0.4, 0.5) is 0 Å². The molecule has 0 saturated carbocycles. The first-order valence-electron chi connectivity index (χ1n) is 0.134. The van der Waals surface area contributed by atoms with Crippen molar-refractivity contribution in [2.24, 2.45) is 0 Å². The number of hydrogen-bond donors (Lipinski definition) is 0. The summed E-state index contributed by atoms with van der Waals surface area (Å²) in [6.45, 7) is 0. The van der Waals surface area contributed by atoms with Gasteiger partial charge in [0.25, 0.3) is 0 Å². The first-order chi connectivity index (χ1) is 1.00. The summed E-state index contributed by atoms with van der Waals surface area (Å²) in [4.78, 5) is 0. The average molecular weight is 451 g/mol. The van der Waals surface area contributed by atoms with Gasteiger partial charge < -0.3 is 0 Å². The zero-order valence-electron chi connectivity index (χ0n) is 3.49. The minimum atomic E-state index is 0. The van der Waals surface area contributed by atoms with Crippen LogP contribution in [-0.4, -0.2) is 0 Å². The Balaban J connectivity index is -0.000000000500. The minimum absolute atomic E-state index is 0. The van der Waals surface area contributed by atoms with E-state index >= 15 is 0 Å². The maximum atomic E-state index is 3.06. The van der Waals surface area contributed by atoms with E-state index in [4.69, 9.17) is 0 Å². The van der Waals surface area contributed by atoms with Crippen LogP contribution in [0.5, 0.6) is 0 Å². The summed E-state index contributed by atoms with van der Waals surface area (Å²) in [7, 11) is 0. The SMILES string of the molecule is [Ce].[H+].[Mn][Fe].[Nb].[Ni].[Ti]. The van der Waals surface area contributed by atoms with E-state index < -0.39 is 0 Å². The Hall–Kier alpha value is 4.36. The van der Waals surface area contributed by atoms with Gasteiger partial charge >= 0.3 is 29.8 Å². The minimum Gasteiger partial charge on any atom is 0 e. The Labute approximate surface area is 129 Å². The van der Waals surface area contributed by atoms with E-state index in [1.807, 2.05) is 0 Å². The predicted molar refractivity (Wildman–Crippen MR) is 1.11 cm³/mol. The van der Waals surface area contributed by atoms with Crippen LogP contribution in [0.1, 0.15) is 1.43 Å². The van der Waals surface area contributed by atoms with Gasteiger partial charge in [-0.2, -0.15) is 0 Å². The molecule has 0 aliphatic heterocycles. The monoisotopic (exact) mass is 451 g/mol. The van der Waals surface area contributed by atoms with E-state index in [0.29, 0.717) is 0 Å². The third kappa shape index (κ3) is 23.8. The molecule has 6 heavy (non-hydrogen) atoms. The molecular formula is HCeFeMnNbNiTi+. The van der Waals surface area contributed by atoms with Crippen LogP contribution in [0, 0.1) is 41.7 Å². The standard InChI is InChI=1S/Ce.Fe.Mn.Nb.Ni.Ti/p+1. The first-order valence-corrected chi connectivity index (χ1v) is 2.27. The summed E-state index contributed by atoms with van der Waals surface area (Å²) in [5, 5.41) is 0. The molecule has 0 N–H and O–H groups in total. The molecule has 0 aliphatic carbocycles. The van der Waals surface area contributed by atoms with Crippen molar-refractivity contribution in [3.63, 3.8) is 0 Å². The summed E-state index contributed by atoms with van der Waals surface area (Å²) in [5.74, 6) is 0. The van der Waals surface area contributed by atoms with Crippen LogP contribution in [0.3, 0.4) is 0 Å². The van der Waals surface area contributed by atoms with Crippen molar-refractivity contribution in [3.8, 4) is 0 Å². The molecule has 38 valence electrons. The molecule has 0 heterocycles. The molecule has 0 saturated heterocycles. The molecule has 0 aromatic rings. The number of hydrogen-bond acceptors (Lipinski definition) is 0. The van der Waals surface area contributed by atoms with Crippen LogP contribution in [0.15, 0.2) is 0 Å². The van der Waals surface area contributed by atoms with Crippen LogP contribution < -0.4 is 0 Å². The molecule has 0 aromatic heterocycles. The third-order valence-corrected chi connectivity index (χ3v) is 0. The van der Waals surface area contributed by atoms with Crippen LogP contribution in [-0.2, 0) is 89.0 Å². The van der Waals surface area contributed by atoms with Crippen LogP contribution in [0.25, 0.3) is 0 Å². The van der Waals surface area contributed by atoms with Crippen molar-refractivity contribution in [2.45, 2.75) is 0 Å². The smallest absolute Gasteiger partial charge is 0 e. The molecule has 0 nitrogen and oxygen atoms in total. The number of rotatable bonds is 0. The summed E-state index contributed by atoms with van der Waals surface area (Å²) < 4.78 is 0. The predicted octanol–water partition coefficient (Wildman–Crippen LogP) is 0.100. The van der Waals surface area contributed by atoms with E-state index in [1.54, 1.807) is 0 Å². The second kappa shape index (κ2) is 34.4. The van der Waals surface area contributed by atoms with Gasteiger partial charge in [0.05, 0.1) is 0 Å². The molecule has 6 heteroatoms. The van der Waals surface area contributed by atoms with Gasteiger partial charge in [0.2, 0.25) is 0 Å². The fourth-order valence-corrected chi connectivity index (χ4v) is 0. The fourth-order valence-electron chi connectivity index (χ4n) is 0. The Bertz CT molecular complexity index is 19.7. The summed E-state index contributed by atoms with van der Waals surface area (Å²) >= 11 is 5.75. The van der Waals surface area contributed by atoms with Crippen molar-refractivity contribution in [3.05, 3.63) is 0 Å². The van der Waals surface area contributed by atoms with E-state index in [9.17, 15) is 0 Å². The van der Waals surface area contributed by atoms with Gasteiger partial charge in [-0.05, 0) is 0 Å². The van der Waals surface area contributed by atoms with E-state index in [2.05, 4.69) is 28.4 Å². The van der Waals surface area contributed by atoms with Gasteiger partial charge in [-0.15, -0.1) is 0 Å². The van der Waals surface area contributed by atoms with Crippen molar-refractivity contribution < 1.29 is 132 Å². The topological polar surface area (TPSA) is 0 Å². The molecule has 0 atom stereocenters. The van der Waals surface area contributed by atoms with Gasteiger partial charge in [-0.25, -0.2) is 0 Å². The van der Waals surface area contributed by atoms with Gasteiger partial charge in [-0.3, -0.25) is 0 Å². The largest absolute Gasteiger partial charge is 0 e. The molecule has 0 rings (SSSR count). The van der Waals surface area contributed by atoms with Gasteiger partial charge in [-0.1, -0.05) is 0 Å². The summed E-state index contributed by atoms with van der Waals surface area (Å²) in [6.07, 6.45) is 0. The fraction of sp³-hybridized carbons (Fsp3) is 0. The Morgan fingerprint density at radius 1 is 1.33 bits per heavy atom. The normalized spacial score (nSPS) is 1.00. The molecule has 0 amide bonds. The Morgan fingerprint density at radius 2 is 1.33 bits per heavy atom. The van der Waals surface area contributed by atoms with E-state index in [0.717, 1.165) is 0 Å². The second-order valence-corrected chi connectivity index (χ2v) is 0. The van der Waals surface area contributed by atoms with E-state index in [1.165, 1.54) is 0 Å². The zero-order valence-corrected chi connectivity index (χ0v) is 12.7. The average Bonchev–Trinajstić information content (AvgIpc) is 1.00. The molecule has 0 fully saturated rings. The quantitative estimate of drug-likeness (QED) is 0.459. The second-order valence-electron chi connectivity index (χ2n) is 0. The van der Waals surface area contributed by atoms with Crippen LogP contribution >= 0.6 is 0 Å². The molecule has 0 aromatic carbocycles. The maximum absolute atomic E-state index is 3.06. The van der Waals surface area contributed by atoms with Gasteiger partial charge in [0, 0.05) is 102 Å². The summed E-state index contributed by atoms with van der Waals surface area (Å²) in [5.41, 5.74) is 0. The third-order valence-electron chi connectivity index (χ3n) is 0. The zero-order chi connectivity index (χ0) is 2.00. The summed E-state index contributed by atoms with van der Waals surface area (Å²) in [6, 6.07) is 0. The molecule has 1 radical (unpaired) electrons. The van der Waals surface area contributed by atoms with Crippen molar-refractivity contribution in [2.75, 3.05) is 0 Å². The first kappa shape index (κ1) is 31.6. The van der Waals surface area contributed by atoms with Crippen molar-refractivity contribution in [1.82, 2.24) is 0 Å². The maximum Gasteiger partial charge on any atom is 0 e. The van der Waals surface area contributed by atoms with Gasteiger partial charge in [0.15, 0.2) is 0 Å². The Morgan fingerprint density at radius 3 is 1.33 bits per heavy atom. The molecular weight excluding hydrogens is 450 g/mol. The molecule has 0 unspecified atom stereocenters. The van der Waals surface area contributed by atoms with Crippen LogP contribution in [0.2, 0.25) is 0 Å². The van der Waals surface area contributed by atoms with E-state index in [-0.39, 0.29) is 104 Å². The van der Waals surface area contributed by atoms with Crippen molar-refractivity contribution >= 4 is 0 Å².